The molecule has 0 radical (unpaired) electrons. The van der Waals surface area contributed by atoms with Gasteiger partial charge in [0, 0.05) is 29.3 Å². The smallest absolute Gasteiger partial charge is 0.254 e. The number of aromatic amines is 1. The fourth-order valence-corrected chi connectivity index (χ4v) is 4.52. The van der Waals surface area contributed by atoms with Gasteiger partial charge in [0.15, 0.2) is 9.84 Å². The van der Waals surface area contributed by atoms with Crippen molar-refractivity contribution in [1.82, 2.24) is 15.1 Å². The summed E-state index contributed by atoms with van der Waals surface area (Å²) in [5, 5.41) is 8.11. The molecule has 0 atom stereocenters. The molecule has 1 aromatic heterocycles. The number of rotatable bonds is 3. The van der Waals surface area contributed by atoms with Crippen LogP contribution in [-0.4, -0.2) is 48.8 Å². The number of sulfone groups is 1. The van der Waals surface area contributed by atoms with E-state index in [0.717, 1.165) is 39.6 Å². The number of hydrogen-bond acceptors (Lipinski definition) is 5. The van der Waals surface area contributed by atoms with Gasteiger partial charge >= 0.3 is 0 Å². The Hall–Kier alpha value is -3.65. The number of amides is 1. The van der Waals surface area contributed by atoms with Gasteiger partial charge in [0.05, 0.1) is 23.2 Å². The summed E-state index contributed by atoms with van der Waals surface area (Å²) < 4.78 is 29.3. The van der Waals surface area contributed by atoms with Gasteiger partial charge in [-0.05, 0) is 53.6 Å². The van der Waals surface area contributed by atoms with E-state index in [1.54, 1.807) is 23.2 Å². The molecule has 4 aromatic rings. The summed E-state index contributed by atoms with van der Waals surface area (Å²) in [4.78, 5) is 15.0. The van der Waals surface area contributed by atoms with Gasteiger partial charge in [-0.15, -0.1) is 0 Å². The third kappa shape index (κ3) is 3.85. The molecule has 162 valence electrons. The molecule has 1 aliphatic heterocycles. The number of fused-ring (bicyclic) bond motifs is 2. The maximum absolute atomic E-state index is 13.1. The van der Waals surface area contributed by atoms with E-state index in [4.69, 9.17) is 4.74 Å². The Balaban J connectivity index is 1.43. The van der Waals surface area contributed by atoms with Gasteiger partial charge in [0.1, 0.15) is 12.4 Å². The summed E-state index contributed by atoms with van der Waals surface area (Å²) >= 11 is 0. The minimum atomic E-state index is -3.31. The number of carbonyl (C=O) groups excluding carboxylic acids is 1. The maximum Gasteiger partial charge on any atom is 0.254 e. The molecule has 5 rings (SSSR count). The minimum absolute atomic E-state index is 0.161. The molecule has 2 heterocycles. The van der Waals surface area contributed by atoms with Gasteiger partial charge in [-0.1, -0.05) is 18.2 Å². The average molecular weight is 448 g/mol. The predicted octanol–water partition coefficient (Wildman–Crippen LogP) is 3.67. The third-order valence-electron chi connectivity index (χ3n) is 5.63. The van der Waals surface area contributed by atoms with E-state index >= 15 is 0 Å². The van der Waals surface area contributed by atoms with Gasteiger partial charge < -0.3 is 9.64 Å². The number of nitrogens with zero attached hydrogens (tertiary/aromatic N) is 2. The molecule has 3 aromatic carbocycles. The second kappa shape index (κ2) is 7.80. The summed E-state index contributed by atoms with van der Waals surface area (Å²) in [7, 11) is -3.31. The molecule has 0 unspecified atom stereocenters. The molecular formula is C24H21N3O4S. The largest absolute Gasteiger partial charge is 0.491 e. The van der Waals surface area contributed by atoms with Crippen molar-refractivity contribution in [1.29, 1.82) is 0 Å². The summed E-state index contributed by atoms with van der Waals surface area (Å²) in [6, 6.07) is 18.2. The van der Waals surface area contributed by atoms with Crippen molar-refractivity contribution in [2.24, 2.45) is 0 Å². The highest BCUT2D eigenvalue weighted by molar-refractivity contribution is 7.90. The molecule has 32 heavy (non-hydrogen) atoms. The normalized spacial score (nSPS) is 14.0. The number of hydrogen-bond donors (Lipinski definition) is 1. The Bertz CT molecular complexity index is 1430. The van der Waals surface area contributed by atoms with Crippen LogP contribution in [0, 0.1) is 0 Å². The molecule has 0 saturated carbocycles. The first-order valence-electron chi connectivity index (χ1n) is 10.2. The molecule has 0 aliphatic carbocycles. The van der Waals surface area contributed by atoms with Crippen LogP contribution in [0.1, 0.15) is 15.9 Å². The Morgan fingerprint density at radius 1 is 1.03 bits per heavy atom. The van der Waals surface area contributed by atoms with Crippen molar-refractivity contribution >= 4 is 26.6 Å². The van der Waals surface area contributed by atoms with Gasteiger partial charge in [0.2, 0.25) is 0 Å². The lowest BCUT2D eigenvalue weighted by Crippen LogP contribution is -2.32. The fraction of sp³-hybridized carbons (Fsp3) is 0.167. The summed E-state index contributed by atoms with van der Waals surface area (Å²) in [6.07, 6.45) is 2.94. The molecule has 7 nitrogen and oxygen atoms in total. The zero-order valence-corrected chi connectivity index (χ0v) is 18.2. The topological polar surface area (TPSA) is 92.4 Å². The van der Waals surface area contributed by atoms with Crippen LogP contribution in [-0.2, 0) is 16.4 Å². The monoisotopic (exact) mass is 447 g/mol. The van der Waals surface area contributed by atoms with Crippen LogP contribution in [0.25, 0.3) is 22.0 Å². The van der Waals surface area contributed by atoms with E-state index < -0.39 is 9.84 Å². The summed E-state index contributed by atoms with van der Waals surface area (Å²) in [6.45, 7) is 1.23. The van der Waals surface area contributed by atoms with Crippen molar-refractivity contribution < 1.29 is 17.9 Å². The van der Waals surface area contributed by atoms with Crippen molar-refractivity contribution in [2.75, 3.05) is 19.4 Å². The lowest BCUT2D eigenvalue weighted by atomic mass is 10.0. The highest BCUT2D eigenvalue weighted by Crippen LogP contribution is 2.31. The standard InChI is InChI=1S/C24H21N3O4S/c1-32(29,30)21-7-4-16(5-8-21)24(28)27-10-11-31-23-9-6-17(12-20(23)15-27)18-2-3-19-14-25-26-22(19)13-18/h2-9,12-14H,10-11,15H2,1H3,(H,25,26). The highest BCUT2D eigenvalue weighted by Gasteiger charge is 2.22. The number of H-pyrrole nitrogens is 1. The first kappa shape index (κ1) is 20.3. The van der Waals surface area contributed by atoms with Gasteiger partial charge in [-0.2, -0.15) is 5.10 Å². The lowest BCUT2D eigenvalue weighted by Gasteiger charge is -2.20. The van der Waals surface area contributed by atoms with Crippen LogP contribution in [0.3, 0.4) is 0 Å². The number of ether oxygens (including phenoxy) is 1. The first-order chi connectivity index (χ1) is 15.4. The van der Waals surface area contributed by atoms with Crippen molar-refractivity contribution in [3.05, 3.63) is 78.0 Å². The van der Waals surface area contributed by atoms with Gasteiger partial charge in [0.25, 0.3) is 5.91 Å². The zero-order valence-electron chi connectivity index (χ0n) is 17.4. The average Bonchev–Trinajstić information content (AvgIpc) is 3.15. The number of benzene rings is 3. The second-order valence-corrected chi connectivity index (χ2v) is 9.88. The molecule has 0 fully saturated rings. The zero-order chi connectivity index (χ0) is 22.3. The molecule has 0 spiro atoms. The van der Waals surface area contributed by atoms with Crippen LogP contribution in [0.15, 0.2) is 71.8 Å². The van der Waals surface area contributed by atoms with E-state index in [9.17, 15) is 13.2 Å². The number of nitrogens with one attached hydrogen (secondary N) is 1. The van der Waals surface area contributed by atoms with E-state index in [1.807, 2.05) is 36.4 Å². The van der Waals surface area contributed by atoms with E-state index in [1.165, 1.54) is 12.1 Å². The van der Waals surface area contributed by atoms with Gasteiger partial charge in [-0.25, -0.2) is 8.42 Å². The highest BCUT2D eigenvalue weighted by atomic mass is 32.2. The summed E-state index contributed by atoms with van der Waals surface area (Å²) in [5.74, 6) is 0.602. The quantitative estimate of drug-likeness (QED) is 0.517. The van der Waals surface area contributed by atoms with E-state index in [2.05, 4.69) is 10.2 Å². The molecule has 8 heteroatoms. The van der Waals surface area contributed by atoms with Crippen LogP contribution < -0.4 is 4.74 Å². The number of aromatic nitrogens is 2. The molecule has 1 aliphatic rings. The maximum atomic E-state index is 13.1. The number of carbonyl (C=O) groups is 1. The van der Waals surface area contributed by atoms with Crippen LogP contribution in [0.5, 0.6) is 5.75 Å². The Morgan fingerprint density at radius 2 is 1.78 bits per heavy atom. The summed E-state index contributed by atoms with van der Waals surface area (Å²) in [5.41, 5.74) is 4.40. The van der Waals surface area contributed by atoms with Gasteiger partial charge in [-0.3, -0.25) is 9.89 Å². The lowest BCUT2D eigenvalue weighted by molar-refractivity contribution is 0.0733. The van der Waals surface area contributed by atoms with Crippen LogP contribution >= 0.6 is 0 Å². The van der Waals surface area contributed by atoms with Crippen LogP contribution in [0.4, 0.5) is 0 Å². The van der Waals surface area contributed by atoms with Crippen molar-refractivity contribution in [2.45, 2.75) is 11.4 Å². The fourth-order valence-electron chi connectivity index (χ4n) is 3.89. The molecule has 1 N–H and O–H groups in total. The third-order valence-corrected chi connectivity index (χ3v) is 6.76. The Labute approximate surface area is 185 Å². The first-order valence-corrected chi connectivity index (χ1v) is 12.1. The molecule has 0 saturated heterocycles. The van der Waals surface area contributed by atoms with E-state index in [0.29, 0.717) is 25.3 Å². The second-order valence-electron chi connectivity index (χ2n) is 7.87. The van der Waals surface area contributed by atoms with Crippen LogP contribution in [0.2, 0.25) is 0 Å². The van der Waals surface area contributed by atoms with E-state index in [-0.39, 0.29) is 10.8 Å². The predicted molar refractivity (Wildman–Crippen MR) is 121 cm³/mol. The SMILES string of the molecule is CS(=O)(=O)c1ccc(C(=O)N2CCOc3ccc(-c4ccc5cn[nH]c5c4)cc3C2)cc1. The Morgan fingerprint density at radius 3 is 2.56 bits per heavy atom. The van der Waals surface area contributed by atoms with Crippen molar-refractivity contribution in [3.8, 4) is 16.9 Å². The molecule has 1 amide bonds. The minimum Gasteiger partial charge on any atom is -0.491 e. The van der Waals surface area contributed by atoms with Crippen molar-refractivity contribution in [3.63, 3.8) is 0 Å². The molecule has 0 bridgehead atoms. The Kier molecular flexibility index (Phi) is 4.94. The molecular weight excluding hydrogens is 426 g/mol.